The van der Waals surface area contributed by atoms with Gasteiger partial charge in [0, 0.05) is 12.1 Å². The minimum absolute atomic E-state index is 0.0383. The third-order valence-corrected chi connectivity index (χ3v) is 3.48. The van der Waals surface area contributed by atoms with Crippen molar-refractivity contribution in [3.05, 3.63) is 46.9 Å². The van der Waals surface area contributed by atoms with E-state index < -0.39 is 11.5 Å². The number of halogens is 3. The van der Waals surface area contributed by atoms with Gasteiger partial charge in [0.2, 0.25) is 0 Å². The Morgan fingerprint density at radius 1 is 1.33 bits per heavy atom. The Morgan fingerprint density at radius 3 is 2.62 bits per heavy atom. The molecular formula is C15H15ClF2N2O. The van der Waals surface area contributed by atoms with Gasteiger partial charge in [-0.15, -0.1) is 0 Å². The number of nitrogens with two attached hydrogens (primary N) is 1. The van der Waals surface area contributed by atoms with Crippen molar-refractivity contribution in [1.82, 2.24) is 4.98 Å². The zero-order valence-electron chi connectivity index (χ0n) is 11.7. The van der Waals surface area contributed by atoms with Crippen molar-refractivity contribution < 1.29 is 13.5 Å². The number of alkyl halides is 1. The fourth-order valence-electron chi connectivity index (χ4n) is 1.86. The Balaban J connectivity index is 2.59. The SMILES string of the molecule is COc1ccc(C(C)(F)CN)nc1-c1ccc(F)c(Cl)c1. The summed E-state index contributed by atoms with van der Waals surface area (Å²) in [7, 11) is 1.48. The molecule has 0 bridgehead atoms. The lowest BCUT2D eigenvalue weighted by molar-refractivity contribution is 0.196. The fourth-order valence-corrected chi connectivity index (χ4v) is 2.04. The van der Waals surface area contributed by atoms with Crippen molar-refractivity contribution in [1.29, 1.82) is 0 Å². The van der Waals surface area contributed by atoms with Gasteiger partial charge in [-0.2, -0.15) is 0 Å². The highest BCUT2D eigenvalue weighted by atomic mass is 35.5. The van der Waals surface area contributed by atoms with Crippen LogP contribution in [0.25, 0.3) is 11.3 Å². The number of methoxy groups -OCH3 is 1. The molecule has 1 unspecified atom stereocenters. The van der Waals surface area contributed by atoms with Crippen molar-refractivity contribution in [2.75, 3.05) is 13.7 Å². The summed E-state index contributed by atoms with van der Waals surface area (Å²) in [4.78, 5) is 4.27. The largest absolute Gasteiger partial charge is 0.494 e. The zero-order valence-corrected chi connectivity index (χ0v) is 12.4. The topological polar surface area (TPSA) is 48.1 Å². The second kappa shape index (κ2) is 5.95. The molecule has 6 heteroatoms. The lowest BCUT2D eigenvalue weighted by Crippen LogP contribution is -2.27. The third-order valence-electron chi connectivity index (χ3n) is 3.19. The van der Waals surface area contributed by atoms with E-state index in [4.69, 9.17) is 22.1 Å². The molecule has 1 heterocycles. The highest BCUT2D eigenvalue weighted by molar-refractivity contribution is 6.31. The van der Waals surface area contributed by atoms with E-state index >= 15 is 0 Å². The number of ether oxygens (including phenoxy) is 1. The second-order valence-electron chi connectivity index (χ2n) is 4.78. The summed E-state index contributed by atoms with van der Waals surface area (Å²) in [5, 5.41) is -0.0383. The molecule has 0 aliphatic rings. The highest BCUT2D eigenvalue weighted by Crippen LogP contribution is 2.33. The fraction of sp³-hybridized carbons (Fsp3) is 0.267. The minimum Gasteiger partial charge on any atom is -0.494 e. The Morgan fingerprint density at radius 2 is 2.05 bits per heavy atom. The van der Waals surface area contributed by atoms with Crippen molar-refractivity contribution in [2.45, 2.75) is 12.6 Å². The monoisotopic (exact) mass is 312 g/mol. The number of nitrogens with zero attached hydrogens (tertiary/aromatic N) is 1. The summed E-state index contributed by atoms with van der Waals surface area (Å²) in [6.07, 6.45) is 0. The average Bonchev–Trinajstić information content (AvgIpc) is 2.49. The number of aromatic nitrogens is 1. The number of rotatable bonds is 4. The summed E-state index contributed by atoms with van der Waals surface area (Å²) in [6.45, 7) is 1.15. The molecule has 2 rings (SSSR count). The molecule has 0 saturated heterocycles. The first kappa shape index (κ1) is 15.7. The van der Waals surface area contributed by atoms with Gasteiger partial charge in [0.25, 0.3) is 0 Å². The van der Waals surface area contributed by atoms with Gasteiger partial charge >= 0.3 is 0 Å². The van der Waals surface area contributed by atoms with Crippen molar-refractivity contribution in [3.63, 3.8) is 0 Å². The maximum absolute atomic E-state index is 14.3. The van der Waals surface area contributed by atoms with Crippen LogP contribution in [-0.2, 0) is 5.67 Å². The molecule has 0 aliphatic heterocycles. The second-order valence-corrected chi connectivity index (χ2v) is 5.19. The van der Waals surface area contributed by atoms with Crippen LogP contribution in [0, 0.1) is 5.82 Å². The van der Waals surface area contributed by atoms with Crippen LogP contribution in [0.5, 0.6) is 5.75 Å². The van der Waals surface area contributed by atoms with Crippen LogP contribution in [0.1, 0.15) is 12.6 Å². The molecule has 3 nitrogen and oxygen atoms in total. The predicted molar refractivity (Wildman–Crippen MR) is 78.7 cm³/mol. The third kappa shape index (κ3) is 3.14. The van der Waals surface area contributed by atoms with E-state index in [1.54, 1.807) is 6.07 Å². The molecule has 2 N–H and O–H groups in total. The van der Waals surface area contributed by atoms with Crippen LogP contribution in [0.4, 0.5) is 8.78 Å². The maximum atomic E-state index is 14.3. The molecule has 0 fully saturated rings. The molecular weight excluding hydrogens is 298 g/mol. The van der Waals surface area contributed by atoms with Crippen molar-refractivity contribution in [2.24, 2.45) is 5.73 Å². The van der Waals surface area contributed by atoms with E-state index in [1.807, 2.05) is 0 Å². The Bertz CT molecular complexity index is 662. The summed E-state index contributed by atoms with van der Waals surface area (Å²) in [5.41, 5.74) is 4.77. The summed E-state index contributed by atoms with van der Waals surface area (Å²) in [5.74, 6) is -0.0953. The van der Waals surface area contributed by atoms with E-state index in [0.717, 1.165) is 0 Å². The zero-order chi connectivity index (χ0) is 15.6. The first-order valence-electron chi connectivity index (χ1n) is 6.29. The van der Waals surface area contributed by atoms with Crippen LogP contribution in [0.15, 0.2) is 30.3 Å². The standard InChI is InChI=1S/C15H15ClF2N2O/c1-15(18,8-19)13-6-5-12(21-2)14(20-13)9-3-4-11(17)10(16)7-9/h3-7H,8,19H2,1-2H3. The molecule has 0 amide bonds. The van der Waals surface area contributed by atoms with E-state index in [-0.39, 0.29) is 17.3 Å². The van der Waals surface area contributed by atoms with Gasteiger partial charge in [-0.05, 0) is 37.3 Å². The molecule has 21 heavy (non-hydrogen) atoms. The molecule has 0 radical (unpaired) electrons. The molecule has 0 spiro atoms. The Labute approximate surface area is 126 Å². The van der Waals surface area contributed by atoms with Gasteiger partial charge in [0.05, 0.1) is 17.8 Å². The first-order valence-corrected chi connectivity index (χ1v) is 6.67. The normalized spacial score (nSPS) is 13.8. The number of benzene rings is 1. The summed E-state index contributed by atoms with van der Waals surface area (Å²) < 4.78 is 32.8. The van der Waals surface area contributed by atoms with Gasteiger partial charge in [0.15, 0.2) is 5.67 Å². The summed E-state index contributed by atoms with van der Waals surface area (Å²) >= 11 is 5.78. The summed E-state index contributed by atoms with van der Waals surface area (Å²) in [6, 6.07) is 7.27. The molecule has 1 aromatic carbocycles. The Hall–Kier alpha value is -1.72. The lowest BCUT2D eigenvalue weighted by atomic mass is 10.0. The quantitative estimate of drug-likeness (QED) is 0.936. The number of pyridine rings is 1. The van der Waals surface area contributed by atoms with E-state index in [0.29, 0.717) is 17.0 Å². The molecule has 2 aromatic rings. The molecule has 0 saturated carbocycles. The van der Waals surface area contributed by atoms with Crippen LogP contribution < -0.4 is 10.5 Å². The smallest absolute Gasteiger partial charge is 0.162 e. The van der Waals surface area contributed by atoms with Gasteiger partial charge in [-0.25, -0.2) is 13.8 Å². The molecule has 1 aromatic heterocycles. The first-order chi connectivity index (χ1) is 9.89. The number of hydrogen-bond donors (Lipinski definition) is 1. The lowest BCUT2D eigenvalue weighted by Gasteiger charge is -2.19. The predicted octanol–water partition coefficient (Wildman–Crippen LogP) is 3.69. The van der Waals surface area contributed by atoms with Crippen LogP contribution in [-0.4, -0.2) is 18.6 Å². The molecule has 1 atom stereocenters. The van der Waals surface area contributed by atoms with Crippen LogP contribution in [0.3, 0.4) is 0 Å². The van der Waals surface area contributed by atoms with Crippen LogP contribution >= 0.6 is 11.6 Å². The van der Waals surface area contributed by atoms with Gasteiger partial charge < -0.3 is 10.5 Å². The van der Waals surface area contributed by atoms with Crippen LogP contribution in [0.2, 0.25) is 5.02 Å². The minimum atomic E-state index is -1.76. The maximum Gasteiger partial charge on any atom is 0.162 e. The average molecular weight is 313 g/mol. The molecule has 0 aliphatic carbocycles. The van der Waals surface area contributed by atoms with Gasteiger partial charge in [0.1, 0.15) is 17.3 Å². The molecule has 112 valence electrons. The van der Waals surface area contributed by atoms with E-state index in [1.165, 1.54) is 38.3 Å². The Kier molecular flexibility index (Phi) is 4.44. The number of hydrogen-bond acceptors (Lipinski definition) is 3. The van der Waals surface area contributed by atoms with E-state index in [9.17, 15) is 8.78 Å². The van der Waals surface area contributed by atoms with Gasteiger partial charge in [-0.3, -0.25) is 0 Å². The van der Waals surface area contributed by atoms with Crippen molar-refractivity contribution >= 4 is 11.6 Å². The highest BCUT2D eigenvalue weighted by Gasteiger charge is 2.27. The van der Waals surface area contributed by atoms with Gasteiger partial charge in [-0.1, -0.05) is 11.6 Å². The van der Waals surface area contributed by atoms with E-state index in [2.05, 4.69) is 4.98 Å². The van der Waals surface area contributed by atoms with Crippen molar-refractivity contribution in [3.8, 4) is 17.0 Å².